The number of ether oxygens (including phenoxy) is 1. The number of carbonyl (C=O) groups is 2. The van der Waals surface area contributed by atoms with Crippen LogP contribution in [0.1, 0.15) is 17.5 Å². The highest BCUT2D eigenvalue weighted by Gasteiger charge is 2.34. The molecule has 2 aromatic carbocycles. The van der Waals surface area contributed by atoms with E-state index in [2.05, 4.69) is 17.4 Å². The van der Waals surface area contributed by atoms with Gasteiger partial charge in [0.2, 0.25) is 11.8 Å². The molecule has 26 heavy (non-hydrogen) atoms. The molecule has 136 valence electrons. The monoisotopic (exact) mass is 352 g/mol. The number of methoxy groups -OCH3 is 1. The van der Waals surface area contributed by atoms with Gasteiger partial charge in [0.15, 0.2) is 0 Å². The minimum atomic E-state index is -0.330. The number of hydrogen-bond donors (Lipinski definition) is 1. The van der Waals surface area contributed by atoms with Crippen LogP contribution in [0.2, 0.25) is 0 Å². The van der Waals surface area contributed by atoms with Crippen molar-refractivity contribution in [1.82, 2.24) is 4.90 Å². The molecule has 2 amide bonds. The average Bonchev–Trinajstić information content (AvgIpc) is 3.02. The number of anilines is 1. The minimum Gasteiger partial charge on any atom is -0.495 e. The molecular formula is C21H24N2O3. The maximum atomic E-state index is 12.6. The molecule has 1 heterocycles. The summed E-state index contributed by atoms with van der Waals surface area (Å²) in [7, 11) is 1.57. The number of amides is 2. The second-order valence-corrected chi connectivity index (χ2v) is 6.67. The number of nitrogens with zero attached hydrogens (tertiary/aromatic N) is 1. The Morgan fingerprint density at radius 3 is 2.73 bits per heavy atom. The maximum absolute atomic E-state index is 12.6. The van der Waals surface area contributed by atoms with Crippen molar-refractivity contribution < 1.29 is 14.3 Å². The number of aryl methyl sites for hydroxylation is 1. The maximum Gasteiger partial charge on any atom is 0.229 e. The molecular weight excluding hydrogens is 328 g/mol. The van der Waals surface area contributed by atoms with Gasteiger partial charge in [-0.25, -0.2) is 0 Å². The van der Waals surface area contributed by atoms with Crippen LogP contribution < -0.4 is 10.1 Å². The largest absolute Gasteiger partial charge is 0.495 e. The normalized spacial score (nSPS) is 16.6. The second-order valence-electron chi connectivity index (χ2n) is 6.67. The number of carbonyl (C=O) groups excluding carboxylic acids is 2. The summed E-state index contributed by atoms with van der Waals surface area (Å²) in [5.41, 5.74) is 2.87. The van der Waals surface area contributed by atoms with Crippen LogP contribution in [0.3, 0.4) is 0 Å². The van der Waals surface area contributed by atoms with Crippen LogP contribution in [0.5, 0.6) is 5.75 Å². The van der Waals surface area contributed by atoms with Gasteiger partial charge < -0.3 is 15.0 Å². The first-order valence-electron chi connectivity index (χ1n) is 8.84. The summed E-state index contributed by atoms with van der Waals surface area (Å²) in [4.78, 5) is 26.7. The van der Waals surface area contributed by atoms with E-state index in [0.717, 1.165) is 12.0 Å². The summed E-state index contributed by atoms with van der Waals surface area (Å²) in [6.45, 7) is 3.06. The summed E-state index contributed by atoms with van der Waals surface area (Å²) in [5, 5.41) is 2.92. The van der Waals surface area contributed by atoms with Gasteiger partial charge in [0.05, 0.1) is 18.7 Å². The molecule has 3 rings (SSSR count). The summed E-state index contributed by atoms with van der Waals surface area (Å²) < 4.78 is 5.30. The number of likely N-dealkylation sites (tertiary alicyclic amines) is 1. The molecule has 0 aliphatic carbocycles. The van der Waals surface area contributed by atoms with Gasteiger partial charge in [-0.1, -0.05) is 36.4 Å². The third-order valence-electron chi connectivity index (χ3n) is 4.71. The molecule has 5 nitrogen and oxygen atoms in total. The number of benzene rings is 2. The van der Waals surface area contributed by atoms with Crippen LogP contribution in [0.15, 0.2) is 48.5 Å². The van der Waals surface area contributed by atoms with Gasteiger partial charge in [0.25, 0.3) is 0 Å². The Morgan fingerprint density at radius 2 is 2.00 bits per heavy atom. The molecule has 0 aromatic heterocycles. The van der Waals surface area contributed by atoms with E-state index in [-0.39, 0.29) is 24.2 Å². The van der Waals surface area contributed by atoms with Crippen molar-refractivity contribution in [3.8, 4) is 5.75 Å². The molecule has 0 bridgehead atoms. The first kappa shape index (κ1) is 18.0. The SMILES string of the molecule is COc1ccc(C)cc1NC(=O)[C@@H]1CC(=O)N(CCc2ccccc2)C1. The Hall–Kier alpha value is -2.82. The van der Waals surface area contributed by atoms with Crippen LogP contribution in [0.25, 0.3) is 0 Å². The molecule has 1 aliphatic rings. The van der Waals surface area contributed by atoms with Crippen molar-refractivity contribution in [3.63, 3.8) is 0 Å². The van der Waals surface area contributed by atoms with E-state index in [1.54, 1.807) is 12.0 Å². The fourth-order valence-corrected chi connectivity index (χ4v) is 3.23. The molecule has 0 spiro atoms. The predicted molar refractivity (Wildman–Crippen MR) is 101 cm³/mol. The third-order valence-corrected chi connectivity index (χ3v) is 4.71. The van der Waals surface area contributed by atoms with Crippen LogP contribution in [0, 0.1) is 12.8 Å². The summed E-state index contributed by atoms with van der Waals surface area (Å²) in [6, 6.07) is 15.7. The Labute approximate surface area is 154 Å². The van der Waals surface area contributed by atoms with Crippen LogP contribution in [-0.2, 0) is 16.0 Å². The molecule has 1 aliphatic heterocycles. The third kappa shape index (κ3) is 4.23. The van der Waals surface area contributed by atoms with Crippen molar-refractivity contribution in [1.29, 1.82) is 0 Å². The average molecular weight is 352 g/mol. The van der Waals surface area contributed by atoms with E-state index in [0.29, 0.717) is 24.5 Å². The Morgan fingerprint density at radius 1 is 1.23 bits per heavy atom. The first-order valence-corrected chi connectivity index (χ1v) is 8.84. The van der Waals surface area contributed by atoms with E-state index in [1.165, 1.54) is 5.56 Å². The lowest BCUT2D eigenvalue weighted by molar-refractivity contribution is -0.128. The van der Waals surface area contributed by atoms with Gasteiger partial charge in [-0.05, 0) is 36.6 Å². The standard InChI is InChI=1S/C21H24N2O3/c1-15-8-9-19(26-2)18(12-15)22-21(25)17-13-20(24)23(14-17)11-10-16-6-4-3-5-7-16/h3-9,12,17H,10-11,13-14H2,1-2H3,(H,22,25)/t17-/m1/s1. The van der Waals surface area contributed by atoms with Gasteiger partial charge >= 0.3 is 0 Å². The molecule has 0 radical (unpaired) electrons. The molecule has 1 fully saturated rings. The predicted octanol–water partition coefficient (Wildman–Crippen LogP) is 3.03. The van der Waals surface area contributed by atoms with Crippen LogP contribution in [0.4, 0.5) is 5.69 Å². The molecule has 5 heteroatoms. The highest BCUT2D eigenvalue weighted by atomic mass is 16.5. The zero-order valence-corrected chi connectivity index (χ0v) is 15.2. The lowest BCUT2D eigenvalue weighted by Gasteiger charge is -2.17. The van der Waals surface area contributed by atoms with E-state index in [4.69, 9.17) is 4.74 Å². The molecule has 2 aromatic rings. The van der Waals surface area contributed by atoms with Crippen molar-refractivity contribution >= 4 is 17.5 Å². The first-order chi connectivity index (χ1) is 12.6. The van der Waals surface area contributed by atoms with Crippen molar-refractivity contribution in [2.45, 2.75) is 19.8 Å². The van der Waals surface area contributed by atoms with Crippen molar-refractivity contribution in [2.24, 2.45) is 5.92 Å². The zero-order chi connectivity index (χ0) is 18.5. The second kappa shape index (κ2) is 8.04. The van der Waals surface area contributed by atoms with E-state index in [1.807, 2.05) is 43.3 Å². The quantitative estimate of drug-likeness (QED) is 0.869. The lowest BCUT2D eigenvalue weighted by atomic mass is 10.1. The zero-order valence-electron chi connectivity index (χ0n) is 15.2. The summed E-state index contributed by atoms with van der Waals surface area (Å²) in [5.74, 6) is 0.194. The molecule has 0 unspecified atom stereocenters. The summed E-state index contributed by atoms with van der Waals surface area (Å²) in [6.07, 6.45) is 1.06. The van der Waals surface area contributed by atoms with Crippen molar-refractivity contribution in [3.05, 3.63) is 59.7 Å². The van der Waals surface area contributed by atoms with Gasteiger partial charge in [-0.2, -0.15) is 0 Å². The Bertz CT molecular complexity index is 789. The van der Waals surface area contributed by atoms with E-state index in [9.17, 15) is 9.59 Å². The number of rotatable bonds is 6. The molecule has 1 atom stereocenters. The van der Waals surface area contributed by atoms with Gasteiger partial charge in [0.1, 0.15) is 5.75 Å². The number of hydrogen-bond acceptors (Lipinski definition) is 3. The Balaban J connectivity index is 1.59. The van der Waals surface area contributed by atoms with Gasteiger partial charge in [-0.15, -0.1) is 0 Å². The fraction of sp³-hybridized carbons (Fsp3) is 0.333. The highest BCUT2D eigenvalue weighted by Crippen LogP contribution is 2.27. The van der Waals surface area contributed by atoms with E-state index < -0.39 is 0 Å². The lowest BCUT2D eigenvalue weighted by Crippen LogP contribution is -2.30. The minimum absolute atomic E-state index is 0.0392. The van der Waals surface area contributed by atoms with Crippen LogP contribution >= 0.6 is 0 Å². The van der Waals surface area contributed by atoms with Crippen molar-refractivity contribution in [2.75, 3.05) is 25.5 Å². The summed E-state index contributed by atoms with van der Waals surface area (Å²) >= 11 is 0. The highest BCUT2D eigenvalue weighted by molar-refractivity contribution is 5.98. The topological polar surface area (TPSA) is 58.6 Å². The van der Waals surface area contributed by atoms with E-state index >= 15 is 0 Å². The molecule has 0 saturated carbocycles. The smallest absolute Gasteiger partial charge is 0.229 e. The van der Waals surface area contributed by atoms with Crippen LogP contribution in [-0.4, -0.2) is 36.9 Å². The Kier molecular flexibility index (Phi) is 5.56. The molecule has 1 N–H and O–H groups in total. The number of nitrogens with one attached hydrogen (secondary N) is 1. The van der Waals surface area contributed by atoms with Gasteiger partial charge in [-0.3, -0.25) is 9.59 Å². The fourth-order valence-electron chi connectivity index (χ4n) is 3.23. The molecule has 1 saturated heterocycles. The van der Waals surface area contributed by atoms with Gasteiger partial charge in [0, 0.05) is 19.5 Å².